The Kier molecular flexibility index (Phi) is 5.94. The Hall–Kier alpha value is -2.38. The van der Waals surface area contributed by atoms with Gasteiger partial charge in [-0.25, -0.2) is 13.1 Å². The number of para-hydroxylation sites is 1. The lowest BCUT2D eigenvalue weighted by atomic mass is 9.97. The van der Waals surface area contributed by atoms with Crippen LogP contribution in [0, 0.1) is 0 Å². The average molecular weight is 348 g/mol. The first-order chi connectivity index (χ1) is 11.4. The minimum atomic E-state index is -3.43. The van der Waals surface area contributed by atoms with Gasteiger partial charge in [-0.3, -0.25) is 4.79 Å². The van der Waals surface area contributed by atoms with Gasteiger partial charge in [0, 0.05) is 5.56 Å². The van der Waals surface area contributed by atoms with Crippen molar-refractivity contribution >= 4 is 15.9 Å². The normalized spacial score (nSPS) is 12.4. The van der Waals surface area contributed by atoms with Crippen LogP contribution in [-0.2, 0) is 14.8 Å². The zero-order valence-electron chi connectivity index (χ0n) is 13.5. The molecule has 0 aliphatic rings. The zero-order valence-corrected chi connectivity index (χ0v) is 14.3. The number of benzene rings is 2. The second kappa shape index (κ2) is 7.94. The monoisotopic (exact) mass is 348 g/mol. The molecule has 0 unspecified atom stereocenters. The van der Waals surface area contributed by atoms with Gasteiger partial charge in [0.2, 0.25) is 15.9 Å². The number of methoxy groups -OCH3 is 1. The number of carbonyl (C=O) groups excluding carboxylic acids is 1. The molecule has 1 atom stereocenters. The third kappa shape index (κ3) is 5.07. The van der Waals surface area contributed by atoms with Crippen LogP contribution in [0.4, 0.5) is 0 Å². The highest BCUT2D eigenvalue weighted by atomic mass is 32.2. The molecule has 0 bridgehead atoms. The van der Waals surface area contributed by atoms with Crippen molar-refractivity contribution in [1.29, 1.82) is 0 Å². The van der Waals surface area contributed by atoms with Crippen LogP contribution < -0.4 is 14.8 Å². The molecule has 0 radical (unpaired) electrons. The van der Waals surface area contributed by atoms with E-state index in [0.717, 1.165) is 17.4 Å². The van der Waals surface area contributed by atoms with E-state index in [2.05, 4.69) is 10.0 Å². The standard InChI is InChI=1S/C17H20N2O4S/c1-23-15-11-7-6-10-14(15)17(13-8-4-3-5-9-13)19-16(20)12-18-24(2,21)22/h3-11,17-18H,12H2,1-2H3,(H,19,20)/t17-/m1/s1. The number of nitrogens with one attached hydrogen (secondary N) is 2. The molecule has 7 heteroatoms. The maximum absolute atomic E-state index is 12.2. The summed E-state index contributed by atoms with van der Waals surface area (Å²) < 4.78 is 29.9. The van der Waals surface area contributed by atoms with E-state index in [1.165, 1.54) is 0 Å². The fourth-order valence-corrected chi connectivity index (χ4v) is 2.69. The highest BCUT2D eigenvalue weighted by molar-refractivity contribution is 7.88. The van der Waals surface area contributed by atoms with Gasteiger partial charge in [-0.05, 0) is 11.6 Å². The maximum Gasteiger partial charge on any atom is 0.235 e. The van der Waals surface area contributed by atoms with Crippen LogP contribution in [0.3, 0.4) is 0 Å². The van der Waals surface area contributed by atoms with Gasteiger partial charge in [-0.2, -0.15) is 0 Å². The molecule has 2 rings (SSSR count). The molecule has 128 valence electrons. The molecule has 0 heterocycles. The molecule has 0 spiro atoms. The summed E-state index contributed by atoms with van der Waals surface area (Å²) in [5.74, 6) is 0.211. The molecule has 0 aliphatic carbocycles. The van der Waals surface area contributed by atoms with Crippen molar-refractivity contribution in [2.24, 2.45) is 0 Å². The van der Waals surface area contributed by atoms with Crippen LogP contribution in [0.2, 0.25) is 0 Å². The van der Waals surface area contributed by atoms with Crippen LogP contribution >= 0.6 is 0 Å². The fourth-order valence-electron chi connectivity index (χ4n) is 2.30. The van der Waals surface area contributed by atoms with Gasteiger partial charge in [0.05, 0.1) is 26.0 Å². The van der Waals surface area contributed by atoms with Gasteiger partial charge < -0.3 is 10.1 Å². The highest BCUT2D eigenvalue weighted by Crippen LogP contribution is 2.29. The summed E-state index contributed by atoms with van der Waals surface area (Å²) in [6.45, 7) is -0.322. The Bertz CT molecular complexity index is 791. The van der Waals surface area contributed by atoms with E-state index in [4.69, 9.17) is 4.74 Å². The summed E-state index contributed by atoms with van der Waals surface area (Å²) in [6, 6.07) is 16.3. The number of amides is 1. The lowest BCUT2D eigenvalue weighted by molar-refractivity contribution is -0.120. The van der Waals surface area contributed by atoms with Crippen LogP contribution in [0.5, 0.6) is 5.75 Å². The number of hydrogen-bond acceptors (Lipinski definition) is 4. The SMILES string of the molecule is COc1ccccc1[C@H](NC(=O)CNS(C)(=O)=O)c1ccccc1. The molecule has 0 saturated carbocycles. The van der Waals surface area contributed by atoms with Gasteiger partial charge in [0.15, 0.2) is 0 Å². The van der Waals surface area contributed by atoms with E-state index in [1.54, 1.807) is 7.11 Å². The molecule has 2 aromatic rings. The molecule has 0 fully saturated rings. The lowest BCUT2D eigenvalue weighted by Gasteiger charge is -2.22. The largest absolute Gasteiger partial charge is 0.496 e. The molecular formula is C17H20N2O4S. The number of rotatable bonds is 7. The number of ether oxygens (including phenoxy) is 1. The second-order valence-electron chi connectivity index (χ2n) is 5.25. The van der Waals surface area contributed by atoms with E-state index in [1.807, 2.05) is 54.6 Å². The predicted molar refractivity (Wildman–Crippen MR) is 92.3 cm³/mol. The van der Waals surface area contributed by atoms with E-state index < -0.39 is 22.0 Å². The Balaban J connectivity index is 2.29. The molecule has 2 N–H and O–H groups in total. The van der Waals surface area contributed by atoms with Crippen molar-refractivity contribution in [2.75, 3.05) is 19.9 Å². The molecule has 0 saturated heterocycles. The summed E-state index contributed by atoms with van der Waals surface area (Å²) >= 11 is 0. The molecule has 0 aliphatic heterocycles. The number of carbonyl (C=O) groups is 1. The molecular weight excluding hydrogens is 328 g/mol. The van der Waals surface area contributed by atoms with E-state index in [-0.39, 0.29) is 6.54 Å². The van der Waals surface area contributed by atoms with Gasteiger partial charge in [0.25, 0.3) is 0 Å². The Morgan fingerprint density at radius 1 is 1.08 bits per heavy atom. The van der Waals surface area contributed by atoms with Crippen molar-refractivity contribution in [3.05, 3.63) is 65.7 Å². The first-order valence-electron chi connectivity index (χ1n) is 7.32. The minimum absolute atomic E-state index is 0.322. The zero-order chi connectivity index (χ0) is 17.6. The summed E-state index contributed by atoms with van der Waals surface area (Å²) in [4.78, 5) is 12.2. The summed E-state index contributed by atoms with van der Waals surface area (Å²) in [7, 11) is -1.87. The van der Waals surface area contributed by atoms with Crippen molar-refractivity contribution in [3.8, 4) is 5.75 Å². The van der Waals surface area contributed by atoms with Gasteiger partial charge in [0.1, 0.15) is 5.75 Å². The van der Waals surface area contributed by atoms with E-state index in [0.29, 0.717) is 5.75 Å². The van der Waals surface area contributed by atoms with E-state index in [9.17, 15) is 13.2 Å². The second-order valence-corrected chi connectivity index (χ2v) is 7.08. The van der Waals surface area contributed by atoms with Crippen molar-refractivity contribution in [1.82, 2.24) is 10.0 Å². The number of sulfonamides is 1. The van der Waals surface area contributed by atoms with Gasteiger partial charge in [-0.15, -0.1) is 0 Å². The quantitative estimate of drug-likeness (QED) is 0.793. The van der Waals surface area contributed by atoms with Crippen LogP contribution in [0.1, 0.15) is 17.2 Å². The van der Waals surface area contributed by atoms with Crippen molar-refractivity contribution < 1.29 is 17.9 Å². The third-order valence-corrected chi connectivity index (χ3v) is 4.05. The van der Waals surface area contributed by atoms with Crippen LogP contribution in [-0.4, -0.2) is 34.2 Å². The Morgan fingerprint density at radius 3 is 2.33 bits per heavy atom. The summed E-state index contributed by atoms with van der Waals surface area (Å²) in [5, 5.41) is 2.85. The average Bonchev–Trinajstić information content (AvgIpc) is 2.58. The van der Waals surface area contributed by atoms with E-state index >= 15 is 0 Å². The van der Waals surface area contributed by atoms with Gasteiger partial charge in [-0.1, -0.05) is 48.5 Å². The first-order valence-corrected chi connectivity index (χ1v) is 9.21. The first kappa shape index (κ1) is 18.0. The fraction of sp³-hybridized carbons (Fsp3) is 0.235. The van der Waals surface area contributed by atoms with Crippen molar-refractivity contribution in [3.63, 3.8) is 0 Å². The highest BCUT2D eigenvalue weighted by Gasteiger charge is 2.20. The Labute approximate surface area is 141 Å². The molecule has 1 amide bonds. The summed E-state index contributed by atoms with van der Waals surface area (Å²) in [5.41, 5.74) is 1.66. The van der Waals surface area contributed by atoms with Gasteiger partial charge >= 0.3 is 0 Å². The van der Waals surface area contributed by atoms with Crippen LogP contribution in [0.25, 0.3) is 0 Å². The van der Waals surface area contributed by atoms with Crippen molar-refractivity contribution in [2.45, 2.75) is 6.04 Å². The Morgan fingerprint density at radius 2 is 1.71 bits per heavy atom. The maximum atomic E-state index is 12.2. The smallest absolute Gasteiger partial charge is 0.235 e. The summed E-state index contributed by atoms with van der Waals surface area (Å²) in [6.07, 6.45) is 1.01. The third-order valence-electron chi connectivity index (χ3n) is 3.38. The topological polar surface area (TPSA) is 84.5 Å². The molecule has 2 aromatic carbocycles. The molecule has 24 heavy (non-hydrogen) atoms. The lowest BCUT2D eigenvalue weighted by Crippen LogP contribution is -2.38. The van der Waals surface area contributed by atoms with Crippen LogP contribution in [0.15, 0.2) is 54.6 Å². The predicted octanol–water partition coefficient (Wildman–Crippen LogP) is 1.45. The minimum Gasteiger partial charge on any atom is -0.496 e. The molecule has 6 nitrogen and oxygen atoms in total. The number of hydrogen-bond donors (Lipinski definition) is 2. The molecule has 0 aromatic heterocycles.